The molecule has 1 aromatic rings. The van der Waals surface area contributed by atoms with E-state index in [-0.39, 0.29) is 25.5 Å². The summed E-state index contributed by atoms with van der Waals surface area (Å²) in [5, 5.41) is 8.60. The molecule has 0 radical (unpaired) electrons. The highest BCUT2D eigenvalue weighted by Gasteiger charge is 2.12. The molecule has 0 heterocycles. The molecule has 0 fully saturated rings. The number of amides is 1. The maximum Gasteiger partial charge on any atom is 0.305 e. The second-order valence-corrected chi connectivity index (χ2v) is 4.10. The number of carboxylic acids is 1. The molecule has 0 saturated heterocycles. The highest BCUT2D eigenvalue weighted by atomic mass is 16.5. The number of carbonyl (C=O) groups excluding carboxylic acids is 1. The van der Waals surface area contributed by atoms with Gasteiger partial charge in [0.1, 0.15) is 6.61 Å². The van der Waals surface area contributed by atoms with Crippen molar-refractivity contribution in [3.05, 3.63) is 35.9 Å². The molecule has 0 aromatic heterocycles. The quantitative estimate of drug-likeness (QED) is 0.774. The van der Waals surface area contributed by atoms with Crippen molar-refractivity contribution in [2.75, 3.05) is 19.7 Å². The van der Waals surface area contributed by atoms with Crippen LogP contribution in [0.5, 0.6) is 0 Å². The fourth-order valence-corrected chi connectivity index (χ4v) is 1.61. The second-order valence-electron chi connectivity index (χ2n) is 4.10. The maximum absolute atomic E-state index is 11.8. The van der Waals surface area contributed by atoms with Crippen LogP contribution in [-0.2, 0) is 20.9 Å². The van der Waals surface area contributed by atoms with E-state index in [1.807, 2.05) is 37.3 Å². The van der Waals surface area contributed by atoms with E-state index < -0.39 is 5.97 Å². The zero-order valence-corrected chi connectivity index (χ0v) is 11.0. The Morgan fingerprint density at radius 3 is 2.53 bits per heavy atom. The van der Waals surface area contributed by atoms with Crippen LogP contribution in [0.25, 0.3) is 0 Å². The zero-order chi connectivity index (χ0) is 14.1. The van der Waals surface area contributed by atoms with Crippen molar-refractivity contribution in [3.8, 4) is 0 Å². The molecule has 0 aliphatic heterocycles. The molecule has 0 spiro atoms. The number of rotatable bonds is 8. The van der Waals surface area contributed by atoms with Crippen molar-refractivity contribution in [2.24, 2.45) is 0 Å². The molecule has 1 aromatic carbocycles. The monoisotopic (exact) mass is 265 g/mol. The molecule has 0 aliphatic carbocycles. The van der Waals surface area contributed by atoms with Crippen LogP contribution in [0, 0.1) is 0 Å². The minimum Gasteiger partial charge on any atom is -0.481 e. The molecular weight excluding hydrogens is 246 g/mol. The maximum atomic E-state index is 11.8. The molecular formula is C14H19NO4. The van der Waals surface area contributed by atoms with Gasteiger partial charge in [-0.2, -0.15) is 0 Å². The normalized spacial score (nSPS) is 10.2. The number of benzene rings is 1. The van der Waals surface area contributed by atoms with Crippen molar-refractivity contribution in [1.82, 2.24) is 4.90 Å². The van der Waals surface area contributed by atoms with Gasteiger partial charge in [-0.3, -0.25) is 9.59 Å². The standard InChI is InChI=1S/C14H19NO4/c1-2-15(9-8-14(17)18)13(16)11-19-10-12-6-4-3-5-7-12/h3-7H,2,8-11H2,1H3,(H,17,18). The first-order valence-corrected chi connectivity index (χ1v) is 6.24. The van der Waals surface area contributed by atoms with Gasteiger partial charge < -0.3 is 14.7 Å². The van der Waals surface area contributed by atoms with Gasteiger partial charge in [-0.15, -0.1) is 0 Å². The summed E-state index contributed by atoms with van der Waals surface area (Å²) in [7, 11) is 0. The van der Waals surface area contributed by atoms with Gasteiger partial charge in [0, 0.05) is 13.1 Å². The van der Waals surface area contributed by atoms with Crippen molar-refractivity contribution in [2.45, 2.75) is 20.0 Å². The molecule has 1 amide bonds. The van der Waals surface area contributed by atoms with Crippen LogP contribution in [0.1, 0.15) is 18.9 Å². The largest absolute Gasteiger partial charge is 0.481 e. The first kappa shape index (κ1) is 15.2. The molecule has 1 rings (SSSR count). The number of nitrogens with zero attached hydrogens (tertiary/aromatic N) is 1. The van der Waals surface area contributed by atoms with Crippen LogP contribution < -0.4 is 0 Å². The number of hydrogen-bond donors (Lipinski definition) is 1. The first-order valence-electron chi connectivity index (χ1n) is 6.24. The van der Waals surface area contributed by atoms with E-state index in [1.165, 1.54) is 4.90 Å². The molecule has 0 unspecified atom stereocenters. The van der Waals surface area contributed by atoms with Crippen molar-refractivity contribution in [3.63, 3.8) is 0 Å². The van der Waals surface area contributed by atoms with E-state index in [9.17, 15) is 9.59 Å². The van der Waals surface area contributed by atoms with Gasteiger partial charge in [0.2, 0.25) is 5.91 Å². The fraction of sp³-hybridized carbons (Fsp3) is 0.429. The smallest absolute Gasteiger partial charge is 0.305 e. The molecule has 0 atom stereocenters. The van der Waals surface area contributed by atoms with Crippen molar-refractivity contribution in [1.29, 1.82) is 0 Å². The summed E-state index contributed by atoms with van der Waals surface area (Å²) in [4.78, 5) is 23.7. The third kappa shape index (κ3) is 6.01. The molecule has 0 bridgehead atoms. The fourth-order valence-electron chi connectivity index (χ4n) is 1.61. The van der Waals surface area contributed by atoms with E-state index >= 15 is 0 Å². The summed E-state index contributed by atoms with van der Waals surface area (Å²) in [5.41, 5.74) is 1.00. The number of aliphatic carboxylic acids is 1. The molecule has 5 heteroatoms. The molecule has 19 heavy (non-hydrogen) atoms. The number of carboxylic acid groups (broad SMARTS) is 1. The van der Waals surface area contributed by atoms with Gasteiger partial charge >= 0.3 is 5.97 Å². The van der Waals surface area contributed by atoms with Crippen LogP contribution in [0.4, 0.5) is 0 Å². The number of likely N-dealkylation sites (N-methyl/N-ethyl adjacent to an activating group) is 1. The van der Waals surface area contributed by atoms with Crippen molar-refractivity contribution < 1.29 is 19.4 Å². The molecule has 0 aliphatic rings. The molecule has 5 nitrogen and oxygen atoms in total. The van der Waals surface area contributed by atoms with Gasteiger partial charge in [0.25, 0.3) is 0 Å². The summed E-state index contributed by atoms with van der Waals surface area (Å²) >= 11 is 0. The van der Waals surface area contributed by atoms with Crippen LogP contribution in [0.2, 0.25) is 0 Å². The summed E-state index contributed by atoms with van der Waals surface area (Å²) in [6.45, 7) is 2.88. The summed E-state index contributed by atoms with van der Waals surface area (Å²) < 4.78 is 5.33. The summed E-state index contributed by atoms with van der Waals surface area (Å²) in [6.07, 6.45) is -0.0434. The molecule has 0 saturated carbocycles. The first-order chi connectivity index (χ1) is 9.13. The Bertz CT molecular complexity index is 405. The topological polar surface area (TPSA) is 66.8 Å². The number of hydrogen-bond acceptors (Lipinski definition) is 3. The Morgan fingerprint density at radius 1 is 1.26 bits per heavy atom. The number of carbonyl (C=O) groups is 2. The lowest BCUT2D eigenvalue weighted by molar-refractivity contribution is -0.140. The van der Waals surface area contributed by atoms with Gasteiger partial charge in [-0.25, -0.2) is 0 Å². The predicted octanol–water partition coefficient (Wildman–Crippen LogP) is 1.53. The Labute approximate surface area is 112 Å². The van der Waals surface area contributed by atoms with E-state index in [2.05, 4.69) is 0 Å². The Hall–Kier alpha value is -1.88. The van der Waals surface area contributed by atoms with E-state index in [0.29, 0.717) is 13.2 Å². The minimum absolute atomic E-state index is 0.0254. The highest BCUT2D eigenvalue weighted by molar-refractivity contribution is 5.78. The van der Waals surface area contributed by atoms with Crippen LogP contribution in [0.3, 0.4) is 0 Å². The average molecular weight is 265 g/mol. The second kappa shape index (κ2) is 8.26. The van der Waals surface area contributed by atoms with Crippen LogP contribution in [-0.4, -0.2) is 41.6 Å². The summed E-state index contributed by atoms with van der Waals surface area (Å²) in [6, 6.07) is 9.58. The van der Waals surface area contributed by atoms with Crippen LogP contribution >= 0.6 is 0 Å². The molecule has 104 valence electrons. The average Bonchev–Trinajstić information content (AvgIpc) is 2.40. The third-order valence-corrected chi connectivity index (χ3v) is 2.67. The summed E-state index contributed by atoms with van der Waals surface area (Å²) in [5.74, 6) is -1.09. The van der Waals surface area contributed by atoms with E-state index in [0.717, 1.165) is 5.56 Å². The zero-order valence-electron chi connectivity index (χ0n) is 11.0. The Kier molecular flexibility index (Phi) is 6.60. The predicted molar refractivity (Wildman–Crippen MR) is 70.6 cm³/mol. The van der Waals surface area contributed by atoms with Gasteiger partial charge in [-0.1, -0.05) is 30.3 Å². The van der Waals surface area contributed by atoms with Crippen molar-refractivity contribution >= 4 is 11.9 Å². The minimum atomic E-state index is -0.906. The third-order valence-electron chi connectivity index (χ3n) is 2.67. The van der Waals surface area contributed by atoms with Gasteiger partial charge in [0.15, 0.2) is 0 Å². The Balaban J connectivity index is 2.30. The van der Waals surface area contributed by atoms with Gasteiger partial charge in [0.05, 0.1) is 13.0 Å². The lowest BCUT2D eigenvalue weighted by Crippen LogP contribution is -2.35. The molecule has 1 N–H and O–H groups in total. The van der Waals surface area contributed by atoms with Gasteiger partial charge in [-0.05, 0) is 12.5 Å². The SMILES string of the molecule is CCN(CCC(=O)O)C(=O)COCc1ccccc1. The highest BCUT2D eigenvalue weighted by Crippen LogP contribution is 2.01. The lowest BCUT2D eigenvalue weighted by Gasteiger charge is -2.19. The lowest BCUT2D eigenvalue weighted by atomic mass is 10.2. The number of ether oxygens (including phenoxy) is 1. The van der Waals surface area contributed by atoms with E-state index in [1.54, 1.807) is 0 Å². The van der Waals surface area contributed by atoms with Crippen LogP contribution in [0.15, 0.2) is 30.3 Å². The van der Waals surface area contributed by atoms with E-state index in [4.69, 9.17) is 9.84 Å². The Morgan fingerprint density at radius 2 is 1.95 bits per heavy atom.